The van der Waals surface area contributed by atoms with Gasteiger partial charge in [-0.25, -0.2) is 0 Å². The van der Waals surface area contributed by atoms with Crippen molar-refractivity contribution in [3.63, 3.8) is 0 Å². The molecule has 0 heterocycles. The van der Waals surface area contributed by atoms with E-state index < -0.39 is 0 Å². The number of hydrogen-bond acceptors (Lipinski definition) is 2. The minimum atomic E-state index is 0.699. The van der Waals surface area contributed by atoms with E-state index in [0.29, 0.717) is 11.8 Å². The highest BCUT2D eigenvalue weighted by molar-refractivity contribution is 5.25. The maximum atomic E-state index is 5.48. The van der Waals surface area contributed by atoms with Gasteiger partial charge in [0.15, 0.2) is 0 Å². The van der Waals surface area contributed by atoms with Crippen molar-refractivity contribution in [3.8, 4) is 0 Å². The van der Waals surface area contributed by atoms with Crippen LogP contribution in [0.3, 0.4) is 0 Å². The first-order valence-corrected chi connectivity index (χ1v) is 8.46. The third-order valence-electron chi connectivity index (χ3n) is 3.86. The topological polar surface area (TPSA) is 21.3 Å². The van der Waals surface area contributed by atoms with Crippen molar-refractivity contribution in [2.24, 2.45) is 11.8 Å². The standard InChI is InChI=1S/C19H33NO/c1-5-21-12-8-10-18(15-20-14-16(2)3)13-19-11-7-6-9-17(19)4/h6-7,9,11,16,18,20H,5,8,10,12-15H2,1-4H3. The summed E-state index contributed by atoms with van der Waals surface area (Å²) in [6, 6.07) is 8.77. The van der Waals surface area contributed by atoms with Crippen molar-refractivity contribution in [2.75, 3.05) is 26.3 Å². The quantitative estimate of drug-likeness (QED) is 0.616. The molecule has 0 radical (unpaired) electrons. The fraction of sp³-hybridized carbons (Fsp3) is 0.684. The summed E-state index contributed by atoms with van der Waals surface area (Å²) >= 11 is 0. The molecule has 0 saturated carbocycles. The predicted molar refractivity (Wildman–Crippen MR) is 91.8 cm³/mol. The van der Waals surface area contributed by atoms with Crippen molar-refractivity contribution in [1.29, 1.82) is 0 Å². The molecule has 1 aromatic carbocycles. The Hall–Kier alpha value is -0.860. The van der Waals surface area contributed by atoms with Crippen LogP contribution in [0.4, 0.5) is 0 Å². The van der Waals surface area contributed by atoms with Crippen LogP contribution in [0, 0.1) is 18.8 Å². The average molecular weight is 291 g/mol. The van der Waals surface area contributed by atoms with Gasteiger partial charge in [0, 0.05) is 13.2 Å². The number of aryl methyl sites for hydroxylation is 1. The van der Waals surface area contributed by atoms with E-state index in [1.54, 1.807) is 0 Å². The fourth-order valence-corrected chi connectivity index (χ4v) is 2.62. The Morgan fingerprint density at radius 1 is 1.14 bits per heavy atom. The highest BCUT2D eigenvalue weighted by Crippen LogP contribution is 2.17. The van der Waals surface area contributed by atoms with Gasteiger partial charge in [0.1, 0.15) is 0 Å². The van der Waals surface area contributed by atoms with Gasteiger partial charge >= 0.3 is 0 Å². The van der Waals surface area contributed by atoms with Crippen molar-refractivity contribution in [3.05, 3.63) is 35.4 Å². The lowest BCUT2D eigenvalue weighted by Gasteiger charge is -2.19. The van der Waals surface area contributed by atoms with Crippen molar-refractivity contribution >= 4 is 0 Å². The molecule has 0 aliphatic heterocycles. The number of benzene rings is 1. The predicted octanol–water partition coefficient (Wildman–Crippen LogP) is 4.22. The molecule has 120 valence electrons. The molecule has 0 aromatic heterocycles. The summed E-state index contributed by atoms with van der Waals surface area (Å²) in [5.41, 5.74) is 2.90. The third-order valence-corrected chi connectivity index (χ3v) is 3.86. The molecule has 21 heavy (non-hydrogen) atoms. The SMILES string of the molecule is CCOCCCC(CNCC(C)C)Cc1ccccc1C. The molecule has 0 fully saturated rings. The maximum Gasteiger partial charge on any atom is 0.0466 e. The molecule has 0 bridgehead atoms. The molecule has 1 rings (SSSR count). The van der Waals surface area contributed by atoms with E-state index in [4.69, 9.17) is 4.74 Å². The molecular formula is C19H33NO. The number of rotatable bonds is 11. The van der Waals surface area contributed by atoms with Crippen LogP contribution in [0.5, 0.6) is 0 Å². The van der Waals surface area contributed by atoms with Crippen LogP contribution >= 0.6 is 0 Å². The van der Waals surface area contributed by atoms with Crippen molar-refractivity contribution in [1.82, 2.24) is 5.32 Å². The van der Waals surface area contributed by atoms with Gasteiger partial charge in [0.2, 0.25) is 0 Å². The zero-order valence-corrected chi connectivity index (χ0v) is 14.3. The maximum absolute atomic E-state index is 5.48. The second-order valence-electron chi connectivity index (χ2n) is 6.39. The highest BCUT2D eigenvalue weighted by atomic mass is 16.5. The smallest absolute Gasteiger partial charge is 0.0466 e. The van der Waals surface area contributed by atoms with E-state index in [1.807, 2.05) is 0 Å². The Bertz CT molecular complexity index is 376. The van der Waals surface area contributed by atoms with Crippen molar-refractivity contribution < 1.29 is 4.74 Å². The molecule has 0 amide bonds. The second kappa shape index (κ2) is 10.8. The summed E-state index contributed by atoms with van der Waals surface area (Å²) in [5, 5.41) is 3.62. The summed E-state index contributed by atoms with van der Waals surface area (Å²) in [5.74, 6) is 1.41. The van der Waals surface area contributed by atoms with Crippen LogP contribution in [-0.4, -0.2) is 26.3 Å². The third kappa shape index (κ3) is 8.23. The van der Waals surface area contributed by atoms with E-state index in [-0.39, 0.29) is 0 Å². The van der Waals surface area contributed by atoms with Crippen LogP contribution in [0.25, 0.3) is 0 Å². The van der Waals surface area contributed by atoms with Crippen LogP contribution in [0.2, 0.25) is 0 Å². The average Bonchev–Trinajstić information content (AvgIpc) is 2.45. The first kappa shape index (κ1) is 18.2. The van der Waals surface area contributed by atoms with Gasteiger partial charge < -0.3 is 10.1 Å². The van der Waals surface area contributed by atoms with Gasteiger partial charge in [-0.3, -0.25) is 0 Å². The molecule has 1 aromatic rings. The molecule has 2 nitrogen and oxygen atoms in total. The molecule has 1 unspecified atom stereocenters. The normalized spacial score (nSPS) is 12.8. The molecule has 0 aliphatic rings. The van der Waals surface area contributed by atoms with Gasteiger partial charge in [-0.05, 0) is 69.2 Å². The number of hydrogen-bond donors (Lipinski definition) is 1. The lowest BCUT2D eigenvalue weighted by Crippen LogP contribution is -2.28. The number of nitrogens with one attached hydrogen (secondary N) is 1. The second-order valence-corrected chi connectivity index (χ2v) is 6.39. The van der Waals surface area contributed by atoms with E-state index in [1.165, 1.54) is 24.0 Å². The monoisotopic (exact) mass is 291 g/mol. The molecule has 1 atom stereocenters. The highest BCUT2D eigenvalue weighted by Gasteiger charge is 2.11. The summed E-state index contributed by atoms with van der Waals surface area (Å²) in [7, 11) is 0. The summed E-state index contributed by atoms with van der Waals surface area (Å²) in [4.78, 5) is 0. The van der Waals surface area contributed by atoms with Crippen LogP contribution in [0.15, 0.2) is 24.3 Å². The molecule has 1 N–H and O–H groups in total. The summed E-state index contributed by atoms with van der Waals surface area (Å²) in [6.45, 7) is 12.7. The largest absolute Gasteiger partial charge is 0.382 e. The molecule has 0 spiro atoms. The Morgan fingerprint density at radius 3 is 2.57 bits per heavy atom. The van der Waals surface area contributed by atoms with Crippen LogP contribution < -0.4 is 5.32 Å². The minimum Gasteiger partial charge on any atom is -0.382 e. The zero-order chi connectivity index (χ0) is 15.5. The fourth-order valence-electron chi connectivity index (χ4n) is 2.62. The van der Waals surface area contributed by atoms with Crippen LogP contribution in [0.1, 0.15) is 44.7 Å². The Morgan fingerprint density at radius 2 is 1.90 bits per heavy atom. The lowest BCUT2D eigenvalue weighted by atomic mass is 9.92. The molecular weight excluding hydrogens is 258 g/mol. The van der Waals surface area contributed by atoms with Crippen molar-refractivity contribution in [2.45, 2.75) is 47.0 Å². The zero-order valence-electron chi connectivity index (χ0n) is 14.3. The number of ether oxygens (including phenoxy) is 1. The van der Waals surface area contributed by atoms with Gasteiger partial charge in [-0.1, -0.05) is 38.1 Å². The molecule has 0 aliphatic carbocycles. The Labute approximate surface area is 131 Å². The molecule has 2 heteroatoms. The van der Waals surface area contributed by atoms with E-state index in [2.05, 4.69) is 57.3 Å². The lowest BCUT2D eigenvalue weighted by molar-refractivity contribution is 0.139. The first-order valence-electron chi connectivity index (χ1n) is 8.46. The summed E-state index contributed by atoms with van der Waals surface area (Å²) < 4.78 is 5.48. The van der Waals surface area contributed by atoms with E-state index >= 15 is 0 Å². The van der Waals surface area contributed by atoms with Gasteiger partial charge in [-0.2, -0.15) is 0 Å². The Balaban J connectivity index is 2.47. The van der Waals surface area contributed by atoms with E-state index in [9.17, 15) is 0 Å². The first-order chi connectivity index (χ1) is 10.1. The van der Waals surface area contributed by atoms with E-state index in [0.717, 1.165) is 32.7 Å². The minimum absolute atomic E-state index is 0.699. The summed E-state index contributed by atoms with van der Waals surface area (Å²) in [6.07, 6.45) is 3.57. The molecule has 0 saturated heterocycles. The van der Waals surface area contributed by atoms with Gasteiger partial charge in [0.25, 0.3) is 0 Å². The van der Waals surface area contributed by atoms with Gasteiger partial charge in [0.05, 0.1) is 0 Å². The Kier molecular flexibility index (Phi) is 9.36. The van der Waals surface area contributed by atoms with Crippen LogP contribution in [-0.2, 0) is 11.2 Å². The van der Waals surface area contributed by atoms with Gasteiger partial charge in [-0.15, -0.1) is 0 Å².